The highest BCUT2D eigenvalue weighted by atomic mass is 16.6. The van der Waals surface area contributed by atoms with Crippen LogP contribution in [0.3, 0.4) is 0 Å². The van der Waals surface area contributed by atoms with E-state index in [-0.39, 0.29) is 17.1 Å². The van der Waals surface area contributed by atoms with Crippen molar-refractivity contribution in [3.63, 3.8) is 0 Å². The van der Waals surface area contributed by atoms with Gasteiger partial charge < -0.3 is 70.1 Å². The lowest BCUT2D eigenvalue weighted by Gasteiger charge is -2.42. The van der Waals surface area contributed by atoms with Gasteiger partial charge in [-0.2, -0.15) is 0 Å². The molecule has 15 nitrogen and oxygen atoms in total. The van der Waals surface area contributed by atoms with Crippen molar-refractivity contribution in [3.05, 3.63) is 51.7 Å². The normalized spacial score (nSPS) is 33.6. The Morgan fingerprint density at radius 2 is 1.14 bits per heavy atom. The summed E-state index contributed by atoms with van der Waals surface area (Å²) in [5, 5.41) is 114. The predicted molar refractivity (Wildman–Crippen MR) is 138 cm³/mol. The molecule has 0 saturated carbocycles. The molecule has 2 aliphatic heterocycles. The van der Waals surface area contributed by atoms with E-state index in [2.05, 4.69) is 0 Å². The highest BCUT2D eigenvalue weighted by Gasteiger charge is 2.50. The molecule has 2 aromatic carbocycles. The highest BCUT2D eigenvalue weighted by Crippen LogP contribution is 2.51. The van der Waals surface area contributed by atoms with Crippen molar-refractivity contribution in [2.75, 3.05) is 13.2 Å². The summed E-state index contributed by atoms with van der Waals surface area (Å²) in [7, 11) is 0. The van der Waals surface area contributed by atoms with E-state index in [1.54, 1.807) is 0 Å². The molecule has 0 aliphatic carbocycles. The number of fused-ring (bicyclic) bond motifs is 1. The maximum absolute atomic E-state index is 13.5. The van der Waals surface area contributed by atoms with E-state index in [4.69, 9.17) is 13.9 Å². The topological polar surface area (TPSA) is 271 Å². The first-order chi connectivity index (χ1) is 19.9. The molecule has 0 bridgehead atoms. The number of benzene rings is 2. The Kier molecular flexibility index (Phi) is 8.16. The van der Waals surface area contributed by atoms with Crippen LogP contribution in [0.1, 0.15) is 23.3 Å². The van der Waals surface area contributed by atoms with E-state index in [0.717, 1.165) is 6.07 Å². The van der Waals surface area contributed by atoms with E-state index in [0.29, 0.717) is 0 Å². The third-order valence-corrected chi connectivity index (χ3v) is 7.70. The molecule has 2 aliphatic rings. The Morgan fingerprint density at radius 3 is 1.64 bits per heavy atom. The van der Waals surface area contributed by atoms with Crippen molar-refractivity contribution in [3.8, 4) is 28.6 Å². The molecule has 3 heterocycles. The van der Waals surface area contributed by atoms with Crippen molar-refractivity contribution in [2.24, 2.45) is 0 Å². The summed E-state index contributed by atoms with van der Waals surface area (Å²) in [6.07, 6.45) is -18.2. The van der Waals surface area contributed by atoms with Crippen LogP contribution in [-0.2, 0) is 9.47 Å². The lowest BCUT2D eigenvalue weighted by molar-refractivity contribution is -0.234. The number of phenols is 3. The Labute approximate surface area is 235 Å². The average Bonchev–Trinajstić information content (AvgIpc) is 2.97. The first-order valence-electron chi connectivity index (χ1n) is 12.9. The third-order valence-electron chi connectivity index (χ3n) is 7.70. The zero-order valence-electron chi connectivity index (χ0n) is 21.6. The fourth-order valence-corrected chi connectivity index (χ4v) is 5.39. The van der Waals surface area contributed by atoms with E-state index in [1.165, 1.54) is 24.3 Å². The van der Waals surface area contributed by atoms with Gasteiger partial charge in [-0.05, 0) is 24.3 Å². The molecule has 3 aromatic rings. The molecule has 42 heavy (non-hydrogen) atoms. The second kappa shape index (κ2) is 11.4. The Bertz CT molecular complexity index is 1500. The summed E-state index contributed by atoms with van der Waals surface area (Å²) in [6, 6.07) is 6.37. The quantitative estimate of drug-likeness (QED) is 0.147. The summed E-state index contributed by atoms with van der Waals surface area (Å²) in [4.78, 5) is 13.5. The molecule has 0 unspecified atom stereocenters. The lowest BCUT2D eigenvalue weighted by atomic mass is 9.85. The van der Waals surface area contributed by atoms with Crippen LogP contribution in [0, 0.1) is 0 Å². The van der Waals surface area contributed by atoms with Gasteiger partial charge in [0.05, 0.1) is 24.3 Å². The average molecular weight is 595 g/mol. The fourth-order valence-electron chi connectivity index (χ4n) is 5.39. The van der Waals surface area contributed by atoms with Crippen molar-refractivity contribution < 1.29 is 70.1 Å². The molecule has 0 spiro atoms. The van der Waals surface area contributed by atoms with Crippen LogP contribution in [0.2, 0.25) is 0 Å². The van der Waals surface area contributed by atoms with Gasteiger partial charge in [-0.25, -0.2) is 0 Å². The maximum Gasteiger partial charge on any atom is 0.197 e. The number of phenolic OH excluding ortho intramolecular Hbond substituents is 3. The van der Waals surface area contributed by atoms with Gasteiger partial charge in [-0.15, -0.1) is 0 Å². The monoisotopic (exact) mass is 594 g/mol. The predicted octanol–water partition coefficient (Wildman–Crippen LogP) is -2.39. The first-order valence-corrected chi connectivity index (χ1v) is 12.9. The summed E-state index contributed by atoms with van der Waals surface area (Å²) in [6.45, 7) is -1.70. The van der Waals surface area contributed by atoms with Gasteiger partial charge in [0.25, 0.3) is 0 Å². The second-order valence-electron chi connectivity index (χ2n) is 10.2. The van der Waals surface area contributed by atoms with Crippen LogP contribution in [0.4, 0.5) is 0 Å². The van der Waals surface area contributed by atoms with E-state index >= 15 is 0 Å². The molecule has 2 fully saturated rings. The van der Waals surface area contributed by atoms with Crippen LogP contribution in [0.5, 0.6) is 17.2 Å². The molecular weight excluding hydrogens is 564 g/mol. The van der Waals surface area contributed by atoms with Gasteiger partial charge in [-0.1, -0.05) is 0 Å². The molecule has 11 N–H and O–H groups in total. The number of aromatic hydroxyl groups is 3. The number of hydrogen-bond acceptors (Lipinski definition) is 15. The minimum Gasteiger partial charge on any atom is -0.508 e. The van der Waals surface area contributed by atoms with Gasteiger partial charge in [0.15, 0.2) is 11.0 Å². The van der Waals surface area contributed by atoms with Crippen LogP contribution < -0.4 is 5.43 Å². The van der Waals surface area contributed by atoms with Crippen molar-refractivity contribution in [1.82, 2.24) is 0 Å². The zero-order valence-corrected chi connectivity index (χ0v) is 21.6. The smallest absolute Gasteiger partial charge is 0.197 e. The van der Waals surface area contributed by atoms with Gasteiger partial charge in [0.2, 0.25) is 0 Å². The number of ether oxygens (including phenoxy) is 2. The highest BCUT2D eigenvalue weighted by molar-refractivity contribution is 5.92. The largest absolute Gasteiger partial charge is 0.508 e. The minimum absolute atomic E-state index is 0.0941. The molecule has 228 valence electrons. The van der Waals surface area contributed by atoms with Gasteiger partial charge in [-0.3, -0.25) is 4.79 Å². The maximum atomic E-state index is 13.5. The fraction of sp³-hybridized carbons (Fsp3) is 0.444. The lowest BCUT2D eigenvalue weighted by Crippen LogP contribution is -2.55. The van der Waals surface area contributed by atoms with Gasteiger partial charge in [0, 0.05) is 11.6 Å². The van der Waals surface area contributed by atoms with Crippen molar-refractivity contribution in [1.29, 1.82) is 0 Å². The number of hydrogen-bond donors (Lipinski definition) is 11. The molecule has 2 saturated heterocycles. The van der Waals surface area contributed by atoms with Crippen LogP contribution in [0.25, 0.3) is 22.3 Å². The summed E-state index contributed by atoms with van der Waals surface area (Å²) in [5.74, 6) is -2.20. The second-order valence-corrected chi connectivity index (χ2v) is 10.2. The molecule has 0 radical (unpaired) electrons. The Morgan fingerprint density at radius 1 is 0.643 bits per heavy atom. The van der Waals surface area contributed by atoms with Crippen LogP contribution in [0.15, 0.2) is 39.5 Å². The SMILES string of the molecule is O=c1cc(-c2ccc(O)cc2)oc2c([C@H]3O[C@H](CO)[C@@H](O)[C@H](O)[C@H]3O)c(O)c([C@@H]3O[C@H](CO)[C@@H](O)[C@H](O)[C@H]3O)c(O)c12. The molecular formula is C27H30O15. The number of aliphatic hydroxyl groups excluding tert-OH is 8. The summed E-state index contributed by atoms with van der Waals surface area (Å²) < 4.78 is 17.0. The molecule has 5 rings (SSSR count). The van der Waals surface area contributed by atoms with Crippen molar-refractivity contribution >= 4 is 11.0 Å². The molecule has 1 aromatic heterocycles. The number of aliphatic hydroxyl groups is 8. The summed E-state index contributed by atoms with van der Waals surface area (Å²) >= 11 is 0. The van der Waals surface area contributed by atoms with Crippen LogP contribution in [-0.4, -0.2) is 118 Å². The van der Waals surface area contributed by atoms with E-state index in [9.17, 15) is 61.0 Å². The summed E-state index contributed by atoms with van der Waals surface area (Å²) in [5.41, 5.74) is -2.48. The molecule has 15 heteroatoms. The Balaban J connectivity index is 1.82. The third kappa shape index (κ3) is 4.79. The molecule has 0 amide bonds. The molecule has 10 atom stereocenters. The van der Waals surface area contributed by atoms with E-state index in [1.807, 2.05) is 0 Å². The number of rotatable bonds is 5. The standard InChI is InChI=1S/C27H30O15/c28-6-12-17(32)21(36)23(38)26(41-12)15-19(34)14-10(31)5-11(8-1-3-9(30)4-2-8)40-25(14)16(20(15)35)27-24(39)22(37)18(33)13(7-29)42-27/h1-5,12-13,17-18,21-24,26-30,32-39H,6-7H2/t12-,13-,17-,18-,21+,22+,23-,24-,26+,27-/m1/s1. The van der Waals surface area contributed by atoms with E-state index < -0.39 is 113 Å². The van der Waals surface area contributed by atoms with Crippen molar-refractivity contribution in [2.45, 2.75) is 61.0 Å². The van der Waals surface area contributed by atoms with Gasteiger partial charge in [0.1, 0.15) is 89.4 Å². The van der Waals surface area contributed by atoms with Crippen LogP contribution >= 0.6 is 0 Å². The van der Waals surface area contributed by atoms with Gasteiger partial charge >= 0.3 is 0 Å². The first kappa shape index (κ1) is 30.1. The zero-order chi connectivity index (χ0) is 30.6. The minimum atomic E-state index is -2.02. The Hall–Kier alpha value is -3.35.